The molecule has 1 aromatic rings. The maximum atomic E-state index is 6.64. The van der Waals surface area contributed by atoms with Gasteiger partial charge in [-0.3, -0.25) is 0 Å². The van der Waals surface area contributed by atoms with Crippen LogP contribution in [-0.2, 0) is 5.54 Å². The number of halogens is 1. The van der Waals surface area contributed by atoms with Crippen molar-refractivity contribution in [2.75, 3.05) is 18.0 Å². The molecule has 1 saturated carbocycles. The predicted molar refractivity (Wildman–Crippen MR) is 77.2 cm³/mol. The fourth-order valence-corrected chi connectivity index (χ4v) is 3.84. The lowest BCUT2D eigenvalue weighted by molar-refractivity contribution is 0.462. The van der Waals surface area contributed by atoms with Crippen LogP contribution in [0.3, 0.4) is 0 Å². The second-order valence-corrected chi connectivity index (χ2v) is 6.10. The van der Waals surface area contributed by atoms with Crippen molar-refractivity contribution in [3.63, 3.8) is 0 Å². The van der Waals surface area contributed by atoms with Gasteiger partial charge in [-0.15, -0.1) is 0 Å². The molecule has 1 aliphatic carbocycles. The van der Waals surface area contributed by atoms with Gasteiger partial charge < -0.3 is 10.6 Å². The summed E-state index contributed by atoms with van der Waals surface area (Å²) < 4.78 is 0. The monoisotopic (exact) mass is 264 g/mol. The topological polar surface area (TPSA) is 29.3 Å². The fraction of sp³-hybridized carbons (Fsp3) is 0.600. The molecule has 98 valence electrons. The number of benzene rings is 1. The van der Waals surface area contributed by atoms with Crippen molar-refractivity contribution in [1.82, 2.24) is 0 Å². The maximum absolute atomic E-state index is 6.64. The molecule has 0 radical (unpaired) electrons. The van der Waals surface area contributed by atoms with Crippen LogP contribution in [0.25, 0.3) is 0 Å². The molecule has 1 aromatic carbocycles. The SMILES string of the molecule is NC1(c2c(Cl)cccc2N2CCCC2)CCCC1. The number of anilines is 1. The summed E-state index contributed by atoms with van der Waals surface area (Å²) in [5.41, 5.74) is 8.92. The Hall–Kier alpha value is -0.730. The van der Waals surface area contributed by atoms with Crippen LogP contribution < -0.4 is 10.6 Å². The summed E-state index contributed by atoms with van der Waals surface area (Å²) in [6.07, 6.45) is 7.14. The Morgan fingerprint density at radius 3 is 2.39 bits per heavy atom. The Bertz CT molecular complexity index is 432. The minimum Gasteiger partial charge on any atom is -0.371 e. The molecule has 1 heterocycles. The molecular formula is C15H21ClN2. The fourth-order valence-electron chi connectivity index (χ4n) is 3.48. The summed E-state index contributed by atoms with van der Waals surface area (Å²) in [5, 5.41) is 0.851. The highest BCUT2D eigenvalue weighted by molar-refractivity contribution is 6.32. The van der Waals surface area contributed by atoms with Crippen LogP contribution in [-0.4, -0.2) is 13.1 Å². The van der Waals surface area contributed by atoms with E-state index in [0.29, 0.717) is 0 Å². The average Bonchev–Trinajstić information content (AvgIpc) is 3.00. The third-order valence-electron chi connectivity index (χ3n) is 4.43. The lowest BCUT2D eigenvalue weighted by Gasteiger charge is -2.32. The van der Waals surface area contributed by atoms with Gasteiger partial charge in [-0.25, -0.2) is 0 Å². The van der Waals surface area contributed by atoms with Crippen LogP contribution >= 0.6 is 11.6 Å². The van der Waals surface area contributed by atoms with Gasteiger partial charge in [-0.05, 0) is 37.8 Å². The van der Waals surface area contributed by atoms with E-state index in [1.165, 1.54) is 36.9 Å². The number of hydrogen-bond donors (Lipinski definition) is 1. The van der Waals surface area contributed by atoms with E-state index >= 15 is 0 Å². The maximum Gasteiger partial charge on any atom is 0.0477 e. The molecule has 2 nitrogen and oxygen atoms in total. The number of hydrogen-bond acceptors (Lipinski definition) is 2. The van der Waals surface area contributed by atoms with Crippen molar-refractivity contribution in [1.29, 1.82) is 0 Å². The van der Waals surface area contributed by atoms with Gasteiger partial charge in [-0.1, -0.05) is 30.5 Å². The first-order valence-corrected chi connectivity index (χ1v) is 7.41. The van der Waals surface area contributed by atoms with Gasteiger partial charge >= 0.3 is 0 Å². The lowest BCUT2D eigenvalue weighted by atomic mass is 9.87. The van der Waals surface area contributed by atoms with Crippen molar-refractivity contribution in [3.8, 4) is 0 Å². The molecule has 1 aliphatic heterocycles. The van der Waals surface area contributed by atoms with E-state index in [9.17, 15) is 0 Å². The number of nitrogens with two attached hydrogens (primary N) is 1. The smallest absolute Gasteiger partial charge is 0.0477 e. The number of rotatable bonds is 2. The zero-order valence-corrected chi connectivity index (χ0v) is 11.5. The van der Waals surface area contributed by atoms with E-state index in [-0.39, 0.29) is 5.54 Å². The molecule has 18 heavy (non-hydrogen) atoms. The van der Waals surface area contributed by atoms with Gasteiger partial charge in [0.15, 0.2) is 0 Å². The molecule has 3 rings (SSSR count). The van der Waals surface area contributed by atoms with Crippen LogP contribution in [0.5, 0.6) is 0 Å². The summed E-state index contributed by atoms with van der Waals surface area (Å²) in [6.45, 7) is 2.28. The van der Waals surface area contributed by atoms with Crippen molar-refractivity contribution in [3.05, 3.63) is 28.8 Å². The van der Waals surface area contributed by atoms with Gasteiger partial charge in [0, 0.05) is 34.9 Å². The summed E-state index contributed by atoms with van der Waals surface area (Å²) in [7, 11) is 0. The molecule has 1 saturated heterocycles. The second kappa shape index (κ2) is 4.75. The van der Waals surface area contributed by atoms with Crippen molar-refractivity contribution < 1.29 is 0 Å². The third-order valence-corrected chi connectivity index (χ3v) is 4.75. The molecule has 2 N–H and O–H groups in total. The summed E-state index contributed by atoms with van der Waals surface area (Å²) in [6, 6.07) is 6.24. The Morgan fingerprint density at radius 2 is 1.72 bits per heavy atom. The molecule has 2 fully saturated rings. The molecule has 0 aromatic heterocycles. The van der Waals surface area contributed by atoms with E-state index in [2.05, 4.69) is 17.0 Å². The van der Waals surface area contributed by atoms with Gasteiger partial charge in [0.1, 0.15) is 0 Å². The zero-order valence-electron chi connectivity index (χ0n) is 10.8. The van der Waals surface area contributed by atoms with Crippen LogP contribution in [0, 0.1) is 0 Å². The molecule has 0 spiro atoms. The van der Waals surface area contributed by atoms with Gasteiger partial charge in [0.2, 0.25) is 0 Å². The van der Waals surface area contributed by atoms with E-state index in [4.69, 9.17) is 17.3 Å². The van der Waals surface area contributed by atoms with Crippen LogP contribution in [0.4, 0.5) is 5.69 Å². The predicted octanol–water partition coefficient (Wildman–Crippen LogP) is 3.67. The first-order valence-electron chi connectivity index (χ1n) is 7.03. The molecule has 3 heteroatoms. The highest BCUT2D eigenvalue weighted by Crippen LogP contribution is 2.44. The van der Waals surface area contributed by atoms with Crippen molar-refractivity contribution in [2.45, 2.75) is 44.1 Å². The van der Waals surface area contributed by atoms with Gasteiger partial charge in [0.05, 0.1) is 0 Å². The van der Waals surface area contributed by atoms with Gasteiger partial charge in [0.25, 0.3) is 0 Å². The Labute approximate surface area is 114 Å². The highest BCUT2D eigenvalue weighted by Gasteiger charge is 2.36. The molecule has 0 unspecified atom stereocenters. The quantitative estimate of drug-likeness (QED) is 0.883. The summed E-state index contributed by atoms with van der Waals surface area (Å²) in [5.74, 6) is 0. The molecule has 0 atom stereocenters. The second-order valence-electron chi connectivity index (χ2n) is 5.69. The molecule has 2 aliphatic rings. The van der Waals surface area contributed by atoms with Gasteiger partial charge in [-0.2, -0.15) is 0 Å². The highest BCUT2D eigenvalue weighted by atomic mass is 35.5. The van der Waals surface area contributed by atoms with Crippen LogP contribution in [0.15, 0.2) is 18.2 Å². The minimum absolute atomic E-state index is 0.198. The van der Waals surface area contributed by atoms with E-state index in [1.54, 1.807) is 0 Å². The van der Waals surface area contributed by atoms with Crippen molar-refractivity contribution >= 4 is 17.3 Å². The van der Waals surface area contributed by atoms with Crippen LogP contribution in [0.1, 0.15) is 44.1 Å². The normalized spacial score (nSPS) is 22.7. The number of nitrogens with zero attached hydrogens (tertiary/aromatic N) is 1. The molecular weight excluding hydrogens is 244 g/mol. The molecule has 0 bridgehead atoms. The lowest BCUT2D eigenvalue weighted by Crippen LogP contribution is -2.36. The van der Waals surface area contributed by atoms with E-state index in [0.717, 1.165) is 31.0 Å². The average molecular weight is 265 g/mol. The Morgan fingerprint density at radius 1 is 1.06 bits per heavy atom. The summed E-state index contributed by atoms with van der Waals surface area (Å²) in [4.78, 5) is 2.45. The minimum atomic E-state index is -0.198. The van der Waals surface area contributed by atoms with Crippen LogP contribution in [0.2, 0.25) is 5.02 Å². The zero-order chi connectivity index (χ0) is 12.6. The third kappa shape index (κ3) is 2.02. The first kappa shape index (κ1) is 12.3. The Balaban J connectivity index is 2.05. The van der Waals surface area contributed by atoms with E-state index in [1.807, 2.05) is 6.07 Å². The standard InChI is InChI=1S/C15H21ClN2/c16-12-6-5-7-13(18-10-3-4-11-18)14(12)15(17)8-1-2-9-15/h5-7H,1-4,8-11,17H2. The largest absolute Gasteiger partial charge is 0.371 e. The van der Waals surface area contributed by atoms with Crippen molar-refractivity contribution in [2.24, 2.45) is 5.73 Å². The Kier molecular flexibility index (Phi) is 3.25. The first-order chi connectivity index (χ1) is 8.71. The van der Waals surface area contributed by atoms with E-state index < -0.39 is 0 Å². The summed E-state index contributed by atoms with van der Waals surface area (Å²) >= 11 is 6.47. The molecule has 0 amide bonds.